The summed E-state index contributed by atoms with van der Waals surface area (Å²) in [5.41, 5.74) is 2.68. The molecule has 0 saturated heterocycles. The SMILES string of the molecule is COC(=O)[C@H](Cc1ccccc1C)NC(=O)Cc1ccc(F)cc1. The Morgan fingerprint density at radius 2 is 1.79 bits per heavy atom. The van der Waals surface area contributed by atoms with Crippen LogP contribution in [0.2, 0.25) is 0 Å². The Hall–Kier alpha value is -2.69. The number of aryl methyl sites for hydroxylation is 1. The minimum Gasteiger partial charge on any atom is -0.467 e. The number of benzene rings is 2. The normalized spacial score (nSPS) is 11.6. The molecule has 0 saturated carbocycles. The van der Waals surface area contributed by atoms with Gasteiger partial charge in [-0.15, -0.1) is 0 Å². The molecule has 0 aliphatic rings. The van der Waals surface area contributed by atoms with Gasteiger partial charge in [0, 0.05) is 6.42 Å². The molecular formula is C19H20FNO3. The molecule has 0 radical (unpaired) electrons. The first kappa shape index (κ1) is 17.7. The number of carbonyl (C=O) groups excluding carboxylic acids is 2. The van der Waals surface area contributed by atoms with Gasteiger partial charge in [0.1, 0.15) is 11.9 Å². The number of esters is 1. The van der Waals surface area contributed by atoms with E-state index in [1.165, 1.54) is 19.2 Å². The number of methoxy groups -OCH3 is 1. The molecule has 2 aromatic rings. The van der Waals surface area contributed by atoms with Crippen LogP contribution >= 0.6 is 0 Å². The molecule has 2 rings (SSSR count). The number of ether oxygens (including phenoxy) is 1. The van der Waals surface area contributed by atoms with Crippen molar-refractivity contribution in [1.82, 2.24) is 5.32 Å². The zero-order valence-corrected chi connectivity index (χ0v) is 13.7. The Morgan fingerprint density at radius 1 is 1.12 bits per heavy atom. The van der Waals surface area contributed by atoms with E-state index >= 15 is 0 Å². The average molecular weight is 329 g/mol. The molecule has 1 atom stereocenters. The first-order chi connectivity index (χ1) is 11.5. The predicted molar refractivity (Wildman–Crippen MR) is 88.9 cm³/mol. The Labute approximate surface area is 140 Å². The second-order valence-corrected chi connectivity index (χ2v) is 5.58. The zero-order chi connectivity index (χ0) is 17.5. The van der Waals surface area contributed by atoms with E-state index < -0.39 is 12.0 Å². The van der Waals surface area contributed by atoms with E-state index in [0.717, 1.165) is 11.1 Å². The second-order valence-electron chi connectivity index (χ2n) is 5.58. The lowest BCUT2D eigenvalue weighted by Gasteiger charge is -2.17. The molecule has 2 aromatic carbocycles. The summed E-state index contributed by atoms with van der Waals surface area (Å²) in [7, 11) is 1.29. The Balaban J connectivity index is 2.05. The van der Waals surface area contributed by atoms with Crippen LogP contribution in [-0.2, 0) is 27.2 Å². The molecule has 0 heterocycles. The van der Waals surface area contributed by atoms with E-state index in [-0.39, 0.29) is 18.1 Å². The predicted octanol–water partition coefficient (Wildman–Crippen LogP) is 2.58. The number of amides is 1. The summed E-state index contributed by atoms with van der Waals surface area (Å²) in [4.78, 5) is 24.2. The van der Waals surface area contributed by atoms with Crippen LogP contribution in [0, 0.1) is 12.7 Å². The third-order valence-corrected chi connectivity index (χ3v) is 3.78. The highest BCUT2D eigenvalue weighted by atomic mass is 19.1. The molecule has 1 N–H and O–H groups in total. The van der Waals surface area contributed by atoms with Crippen LogP contribution < -0.4 is 5.32 Å². The van der Waals surface area contributed by atoms with Crippen LogP contribution in [0.15, 0.2) is 48.5 Å². The van der Waals surface area contributed by atoms with Gasteiger partial charge < -0.3 is 10.1 Å². The first-order valence-corrected chi connectivity index (χ1v) is 7.65. The Bertz CT molecular complexity index is 713. The number of hydrogen-bond donors (Lipinski definition) is 1. The van der Waals surface area contributed by atoms with E-state index in [2.05, 4.69) is 5.32 Å². The number of carbonyl (C=O) groups is 2. The van der Waals surface area contributed by atoms with Gasteiger partial charge in [-0.05, 0) is 35.7 Å². The van der Waals surface area contributed by atoms with E-state index in [1.807, 2.05) is 31.2 Å². The molecule has 0 fully saturated rings. The number of hydrogen-bond acceptors (Lipinski definition) is 3. The molecular weight excluding hydrogens is 309 g/mol. The summed E-state index contributed by atoms with van der Waals surface area (Å²) in [5.74, 6) is -1.16. The van der Waals surface area contributed by atoms with Crippen LogP contribution in [-0.4, -0.2) is 25.0 Å². The van der Waals surface area contributed by atoms with Crippen LogP contribution in [0.5, 0.6) is 0 Å². The molecule has 1 amide bonds. The lowest BCUT2D eigenvalue weighted by molar-refractivity contribution is -0.145. The van der Waals surface area contributed by atoms with Gasteiger partial charge >= 0.3 is 5.97 Å². The first-order valence-electron chi connectivity index (χ1n) is 7.65. The minimum atomic E-state index is -0.760. The number of nitrogens with one attached hydrogen (secondary N) is 1. The smallest absolute Gasteiger partial charge is 0.328 e. The van der Waals surface area contributed by atoms with Crippen molar-refractivity contribution in [2.45, 2.75) is 25.8 Å². The van der Waals surface area contributed by atoms with Crippen molar-refractivity contribution in [3.05, 3.63) is 71.0 Å². The van der Waals surface area contributed by atoms with E-state index in [9.17, 15) is 14.0 Å². The van der Waals surface area contributed by atoms with E-state index in [0.29, 0.717) is 12.0 Å². The maximum Gasteiger partial charge on any atom is 0.328 e. The van der Waals surface area contributed by atoms with E-state index in [4.69, 9.17) is 4.74 Å². The van der Waals surface area contributed by atoms with Crippen molar-refractivity contribution >= 4 is 11.9 Å². The summed E-state index contributed by atoms with van der Waals surface area (Å²) in [6.45, 7) is 1.95. The summed E-state index contributed by atoms with van der Waals surface area (Å²) in [5, 5.41) is 2.70. The highest BCUT2D eigenvalue weighted by Crippen LogP contribution is 2.11. The van der Waals surface area contributed by atoms with Crippen molar-refractivity contribution in [3.8, 4) is 0 Å². The topological polar surface area (TPSA) is 55.4 Å². The van der Waals surface area contributed by atoms with Gasteiger partial charge in [-0.1, -0.05) is 36.4 Å². The summed E-state index contributed by atoms with van der Waals surface area (Å²) in [6.07, 6.45) is 0.427. The van der Waals surface area contributed by atoms with Gasteiger partial charge in [0.05, 0.1) is 13.5 Å². The minimum absolute atomic E-state index is 0.0710. The quantitative estimate of drug-likeness (QED) is 0.829. The van der Waals surface area contributed by atoms with Gasteiger partial charge in [-0.25, -0.2) is 9.18 Å². The molecule has 0 aromatic heterocycles. The summed E-state index contributed by atoms with van der Waals surface area (Å²) in [6, 6.07) is 12.6. The van der Waals surface area contributed by atoms with E-state index in [1.54, 1.807) is 12.1 Å². The standard InChI is InChI=1S/C19H20FNO3/c1-13-5-3-4-6-15(13)12-17(19(23)24-2)21-18(22)11-14-7-9-16(20)10-8-14/h3-10,17H,11-12H2,1-2H3,(H,21,22)/t17-/m0/s1. The molecule has 126 valence electrons. The van der Waals surface area contributed by atoms with Crippen LogP contribution in [0.25, 0.3) is 0 Å². The fraction of sp³-hybridized carbons (Fsp3) is 0.263. The van der Waals surface area contributed by atoms with Crippen molar-refractivity contribution in [1.29, 1.82) is 0 Å². The van der Waals surface area contributed by atoms with Gasteiger partial charge in [0.25, 0.3) is 0 Å². The van der Waals surface area contributed by atoms with Gasteiger partial charge in [0.2, 0.25) is 5.91 Å². The number of rotatable bonds is 6. The molecule has 4 nitrogen and oxygen atoms in total. The summed E-state index contributed by atoms with van der Waals surface area (Å²) >= 11 is 0. The second kappa shape index (κ2) is 8.24. The lowest BCUT2D eigenvalue weighted by Crippen LogP contribution is -2.43. The average Bonchev–Trinajstić information content (AvgIpc) is 2.57. The number of halogens is 1. The molecule has 0 unspecified atom stereocenters. The highest BCUT2D eigenvalue weighted by Gasteiger charge is 2.22. The van der Waals surface area contributed by atoms with Crippen LogP contribution in [0.1, 0.15) is 16.7 Å². The Kier molecular flexibility index (Phi) is 6.07. The van der Waals surface area contributed by atoms with Crippen LogP contribution in [0.3, 0.4) is 0 Å². The molecule has 24 heavy (non-hydrogen) atoms. The largest absolute Gasteiger partial charge is 0.467 e. The van der Waals surface area contributed by atoms with Crippen LogP contribution in [0.4, 0.5) is 4.39 Å². The Morgan fingerprint density at radius 3 is 2.42 bits per heavy atom. The fourth-order valence-corrected chi connectivity index (χ4v) is 2.43. The van der Waals surface area contributed by atoms with Crippen molar-refractivity contribution in [2.75, 3.05) is 7.11 Å². The molecule has 5 heteroatoms. The third kappa shape index (κ3) is 4.91. The van der Waals surface area contributed by atoms with Crippen molar-refractivity contribution < 1.29 is 18.7 Å². The molecule has 0 bridgehead atoms. The zero-order valence-electron chi connectivity index (χ0n) is 13.7. The molecule has 0 aliphatic carbocycles. The van der Waals surface area contributed by atoms with Gasteiger partial charge in [-0.3, -0.25) is 4.79 Å². The monoisotopic (exact) mass is 329 g/mol. The van der Waals surface area contributed by atoms with Crippen molar-refractivity contribution in [3.63, 3.8) is 0 Å². The third-order valence-electron chi connectivity index (χ3n) is 3.78. The molecule has 0 aliphatic heterocycles. The summed E-state index contributed by atoms with van der Waals surface area (Å²) < 4.78 is 17.7. The van der Waals surface area contributed by atoms with Crippen molar-refractivity contribution in [2.24, 2.45) is 0 Å². The van der Waals surface area contributed by atoms with Gasteiger partial charge in [-0.2, -0.15) is 0 Å². The maximum atomic E-state index is 12.9. The van der Waals surface area contributed by atoms with Gasteiger partial charge in [0.15, 0.2) is 0 Å². The molecule has 0 spiro atoms. The highest BCUT2D eigenvalue weighted by molar-refractivity contribution is 5.85. The fourth-order valence-electron chi connectivity index (χ4n) is 2.43. The maximum absolute atomic E-state index is 12.9. The lowest BCUT2D eigenvalue weighted by atomic mass is 10.0.